The quantitative estimate of drug-likeness (QED) is 0.321. The second-order valence-corrected chi connectivity index (χ2v) is 11.8. The van der Waals surface area contributed by atoms with Crippen LogP contribution in [-0.4, -0.2) is 66.1 Å². The van der Waals surface area contributed by atoms with Crippen LogP contribution in [-0.2, 0) is 27.4 Å². The van der Waals surface area contributed by atoms with Crippen LogP contribution in [0.5, 0.6) is 0 Å². The van der Waals surface area contributed by atoms with Gasteiger partial charge in [0.1, 0.15) is 11.6 Å². The molecule has 1 saturated heterocycles. The summed E-state index contributed by atoms with van der Waals surface area (Å²) in [6, 6.07) is 6.13. The molecule has 1 aliphatic rings. The normalized spacial score (nSPS) is 16.1. The molecule has 0 spiro atoms. The van der Waals surface area contributed by atoms with Gasteiger partial charge in [-0.15, -0.1) is 0 Å². The molecule has 2 heterocycles. The number of rotatable bonds is 6. The van der Waals surface area contributed by atoms with Crippen LogP contribution in [0.15, 0.2) is 48.7 Å². The zero-order valence-corrected chi connectivity index (χ0v) is 25.7. The van der Waals surface area contributed by atoms with Gasteiger partial charge in [-0.1, -0.05) is 6.07 Å². The van der Waals surface area contributed by atoms with E-state index in [0.29, 0.717) is 47.7 Å². The number of hydrogen-bond acceptors (Lipinski definition) is 5. The first-order valence-corrected chi connectivity index (χ1v) is 14.2. The number of aliphatic hydroxyl groups excluding tert-OH is 1. The number of carbonyl (C=O) groups excluding carboxylic acids is 2. The number of nitrogens with zero attached hydrogens (tertiary/aromatic N) is 4. The van der Waals surface area contributed by atoms with Crippen LogP contribution in [0.1, 0.15) is 43.0 Å². The fourth-order valence-electron chi connectivity index (χ4n) is 5.57. The van der Waals surface area contributed by atoms with Gasteiger partial charge < -0.3 is 19.8 Å². The van der Waals surface area contributed by atoms with E-state index in [0.717, 1.165) is 4.90 Å². The van der Waals surface area contributed by atoms with E-state index < -0.39 is 52.2 Å². The predicted octanol–water partition coefficient (Wildman–Crippen LogP) is 6.20. The highest BCUT2D eigenvalue weighted by molar-refractivity contribution is 6.03. The van der Waals surface area contributed by atoms with Gasteiger partial charge in [-0.2, -0.15) is 26.3 Å². The fraction of sp³-hybridized carbons (Fsp3) is 0.406. The summed E-state index contributed by atoms with van der Waals surface area (Å²) in [6.45, 7) is 6.10. The van der Waals surface area contributed by atoms with E-state index >= 15 is 0 Å². The Morgan fingerprint density at radius 1 is 0.935 bits per heavy atom. The summed E-state index contributed by atoms with van der Waals surface area (Å²) in [4.78, 5) is 34.9. The summed E-state index contributed by atoms with van der Waals surface area (Å²) in [7, 11) is 1.32. The number of anilines is 2. The number of alkyl halides is 6. The van der Waals surface area contributed by atoms with Crippen LogP contribution >= 0.6 is 0 Å². The van der Waals surface area contributed by atoms with E-state index in [9.17, 15) is 45.4 Å². The Morgan fingerprint density at radius 3 is 2.04 bits per heavy atom. The van der Waals surface area contributed by atoms with Crippen molar-refractivity contribution >= 4 is 23.3 Å². The number of aromatic nitrogens is 1. The molecule has 0 aliphatic carbocycles. The van der Waals surface area contributed by atoms with Crippen molar-refractivity contribution in [2.24, 2.45) is 0 Å². The van der Waals surface area contributed by atoms with Gasteiger partial charge in [0.05, 0.1) is 41.1 Å². The number of benzene rings is 2. The number of aryl methyl sites for hydroxylation is 1. The lowest BCUT2D eigenvalue weighted by Crippen LogP contribution is -2.56. The highest BCUT2D eigenvalue weighted by Gasteiger charge is 2.41. The van der Waals surface area contributed by atoms with Crippen molar-refractivity contribution in [2.75, 3.05) is 43.1 Å². The number of hydrogen-bond donors (Lipinski definition) is 1. The van der Waals surface area contributed by atoms with E-state index in [1.807, 2.05) is 0 Å². The number of likely N-dealkylation sites (N-methyl/N-ethyl adjacent to an activating group) is 1. The molecule has 1 N–H and O–H groups in total. The third kappa shape index (κ3) is 6.96. The number of pyridine rings is 1. The van der Waals surface area contributed by atoms with Crippen LogP contribution in [0.25, 0.3) is 11.1 Å². The molecular formula is C32H33F7N4O3. The van der Waals surface area contributed by atoms with E-state index in [-0.39, 0.29) is 30.8 Å². The molecule has 2 aromatic carbocycles. The van der Waals surface area contributed by atoms with Crippen LogP contribution in [0.3, 0.4) is 0 Å². The Kier molecular flexibility index (Phi) is 9.45. The molecule has 46 heavy (non-hydrogen) atoms. The first kappa shape index (κ1) is 34.7. The van der Waals surface area contributed by atoms with Crippen LogP contribution in [0.4, 0.5) is 42.2 Å². The molecule has 4 rings (SSSR count). The van der Waals surface area contributed by atoms with Gasteiger partial charge in [-0.3, -0.25) is 9.59 Å². The zero-order chi connectivity index (χ0) is 34.4. The number of amides is 2. The molecule has 7 nitrogen and oxygen atoms in total. The largest absolute Gasteiger partial charge is 0.416 e. The van der Waals surface area contributed by atoms with Crippen molar-refractivity contribution in [1.29, 1.82) is 0 Å². The second-order valence-electron chi connectivity index (χ2n) is 11.8. The zero-order valence-electron chi connectivity index (χ0n) is 25.7. The summed E-state index contributed by atoms with van der Waals surface area (Å²) >= 11 is 0. The highest BCUT2D eigenvalue weighted by atomic mass is 19.4. The Labute approximate surface area is 261 Å². The van der Waals surface area contributed by atoms with Gasteiger partial charge in [-0.05, 0) is 73.9 Å². The van der Waals surface area contributed by atoms with Crippen molar-refractivity contribution in [1.82, 2.24) is 9.88 Å². The van der Waals surface area contributed by atoms with Crippen molar-refractivity contribution in [3.05, 3.63) is 76.7 Å². The minimum absolute atomic E-state index is 0.00169. The molecule has 14 heteroatoms. The molecule has 1 aliphatic heterocycles. The third-order valence-electron chi connectivity index (χ3n) is 8.29. The maximum absolute atomic E-state index is 14.1. The molecule has 0 saturated carbocycles. The Morgan fingerprint density at radius 2 is 1.52 bits per heavy atom. The SMILES string of the molecule is CC(=O)N1CCN(c2cc(-c3ccc(F)cc3C)c(N(C)C(=O)C(C)(C)c3cc(C(F)(F)F)cc(C(F)(F)F)c3)cn2)C(CO)C1. The molecule has 1 atom stereocenters. The summed E-state index contributed by atoms with van der Waals surface area (Å²) < 4.78 is 95.8. The maximum Gasteiger partial charge on any atom is 0.416 e. The monoisotopic (exact) mass is 654 g/mol. The molecule has 0 radical (unpaired) electrons. The number of halogens is 7. The predicted molar refractivity (Wildman–Crippen MR) is 158 cm³/mol. The molecule has 3 aromatic rings. The third-order valence-corrected chi connectivity index (χ3v) is 8.29. The van der Waals surface area contributed by atoms with Crippen LogP contribution in [0, 0.1) is 12.7 Å². The topological polar surface area (TPSA) is 77.0 Å². The first-order chi connectivity index (χ1) is 21.2. The highest BCUT2D eigenvalue weighted by Crippen LogP contribution is 2.41. The van der Waals surface area contributed by atoms with E-state index in [1.165, 1.54) is 52.2 Å². The average molecular weight is 655 g/mol. The lowest BCUT2D eigenvalue weighted by Gasteiger charge is -2.41. The van der Waals surface area contributed by atoms with E-state index in [2.05, 4.69) is 4.98 Å². The number of piperazine rings is 1. The standard InChI is InChI=1S/C32H33F7N4O3/c1-18-10-23(33)6-7-25(18)26-14-28(43-9-8-42(19(2)45)16-24(43)17-44)40-15-27(26)41(5)29(46)30(3,4)20-11-21(31(34,35)36)13-22(12-20)32(37,38)39/h6-7,10-15,24,44H,8-9,16-17H2,1-5H3. The van der Waals surface area contributed by atoms with Gasteiger partial charge in [0, 0.05) is 39.2 Å². The summed E-state index contributed by atoms with van der Waals surface area (Å²) in [5, 5.41) is 10.1. The molecule has 1 aromatic heterocycles. The molecule has 1 fully saturated rings. The van der Waals surface area contributed by atoms with E-state index in [4.69, 9.17) is 0 Å². The Hall–Kier alpha value is -4.20. The van der Waals surface area contributed by atoms with Gasteiger partial charge in [0.15, 0.2) is 0 Å². The summed E-state index contributed by atoms with van der Waals surface area (Å²) in [6.07, 6.45) is -8.87. The van der Waals surface area contributed by atoms with Crippen molar-refractivity contribution in [3.8, 4) is 11.1 Å². The smallest absolute Gasteiger partial charge is 0.394 e. The second kappa shape index (κ2) is 12.5. The Bertz CT molecular complexity index is 1610. The summed E-state index contributed by atoms with van der Waals surface area (Å²) in [5.74, 6) is -1.14. The van der Waals surface area contributed by atoms with Gasteiger partial charge in [0.2, 0.25) is 11.8 Å². The van der Waals surface area contributed by atoms with Crippen molar-refractivity contribution < 1.29 is 45.4 Å². The number of aliphatic hydroxyl groups is 1. The lowest BCUT2D eigenvalue weighted by atomic mass is 9.81. The Balaban J connectivity index is 1.82. The van der Waals surface area contributed by atoms with E-state index in [1.54, 1.807) is 22.8 Å². The van der Waals surface area contributed by atoms with Gasteiger partial charge in [-0.25, -0.2) is 9.37 Å². The molecule has 2 amide bonds. The molecule has 1 unspecified atom stereocenters. The van der Waals surface area contributed by atoms with Gasteiger partial charge in [0.25, 0.3) is 0 Å². The fourth-order valence-corrected chi connectivity index (χ4v) is 5.57. The van der Waals surface area contributed by atoms with Crippen molar-refractivity contribution in [2.45, 2.75) is 51.5 Å². The van der Waals surface area contributed by atoms with Crippen molar-refractivity contribution in [3.63, 3.8) is 0 Å². The summed E-state index contributed by atoms with van der Waals surface area (Å²) in [5.41, 5.74) is -3.97. The minimum Gasteiger partial charge on any atom is -0.394 e. The minimum atomic E-state index is -5.10. The van der Waals surface area contributed by atoms with Crippen LogP contribution in [0.2, 0.25) is 0 Å². The molecule has 248 valence electrons. The molecule has 0 bridgehead atoms. The molecular weight excluding hydrogens is 621 g/mol. The number of carbonyl (C=O) groups is 2. The first-order valence-electron chi connectivity index (χ1n) is 14.2. The van der Waals surface area contributed by atoms with Crippen LogP contribution < -0.4 is 9.80 Å². The maximum atomic E-state index is 14.1. The lowest BCUT2D eigenvalue weighted by molar-refractivity contribution is -0.143. The van der Waals surface area contributed by atoms with Gasteiger partial charge >= 0.3 is 12.4 Å². The average Bonchev–Trinajstić information content (AvgIpc) is 2.98.